The molecule has 6 heteroatoms. The summed E-state index contributed by atoms with van der Waals surface area (Å²) in [5.41, 5.74) is 1.06. The van der Waals surface area contributed by atoms with Gasteiger partial charge in [-0.25, -0.2) is 4.98 Å². The van der Waals surface area contributed by atoms with Crippen molar-refractivity contribution in [1.29, 1.82) is 0 Å². The molecule has 2 rings (SSSR count). The van der Waals surface area contributed by atoms with Crippen LogP contribution in [0.2, 0.25) is 5.15 Å². The normalized spacial score (nSPS) is 10.1. The summed E-state index contributed by atoms with van der Waals surface area (Å²) < 4.78 is 5.94. The van der Waals surface area contributed by atoms with Crippen LogP contribution >= 0.6 is 27.5 Å². The van der Waals surface area contributed by atoms with Crippen LogP contribution in [0.15, 0.2) is 41.0 Å². The number of amides is 1. The Balaban J connectivity index is 2.18. The minimum Gasteiger partial charge on any atom is -0.497 e. The van der Waals surface area contributed by atoms with Crippen LogP contribution in [0.25, 0.3) is 0 Å². The highest BCUT2D eigenvalue weighted by Crippen LogP contribution is 2.24. The van der Waals surface area contributed by atoms with E-state index in [2.05, 4.69) is 26.2 Å². The Morgan fingerprint density at radius 3 is 2.79 bits per heavy atom. The number of carbonyl (C=O) groups excluding carboxylic acids is 1. The van der Waals surface area contributed by atoms with Crippen molar-refractivity contribution in [2.75, 3.05) is 12.4 Å². The molecule has 0 unspecified atom stereocenters. The van der Waals surface area contributed by atoms with E-state index in [4.69, 9.17) is 16.3 Å². The lowest BCUT2D eigenvalue weighted by Gasteiger charge is -2.08. The van der Waals surface area contributed by atoms with Gasteiger partial charge in [0.05, 0.1) is 12.7 Å². The number of nitrogens with one attached hydrogen (secondary N) is 1. The number of benzene rings is 1. The molecule has 4 nitrogen and oxygen atoms in total. The first-order valence-electron chi connectivity index (χ1n) is 5.36. The smallest absolute Gasteiger partial charge is 0.257 e. The van der Waals surface area contributed by atoms with E-state index in [0.717, 1.165) is 4.47 Å². The zero-order valence-electron chi connectivity index (χ0n) is 9.98. The highest BCUT2D eigenvalue weighted by molar-refractivity contribution is 9.10. The van der Waals surface area contributed by atoms with Gasteiger partial charge in [0.15, 0.2) is 0 Å². The zero-order chi connectivity index (χ0) is 13.8. The minimum atomic E-state index is -0.260. The fraction of sp³-hybridized carbons (Fsp3) is 0.0769. The summed E-state index contributed by atoms with van der Waals surface area (Å²) in [6.45, 7) is 0. The first-order chi connectivity index (χ1) is 9.08. The molecule has 0 aliphatic rings. The molecule has 0 spiro atoms. The minimum absolute atomic E-state index is 0.260. The molecule has 0 aliphatic carbocycles. The molecule has 0 fully saturated rings. The van der Waals surface area contributed by atoms with Crippen LogP contribution in [0.5, 0.6) is 5.75 Å². The maximum Gasteiger partial charge on any atom is 0.257 e. The van der Waals surface area contributed by atoms with E-state index in [9.17, 15) is 4.79 Å². The summed E-state index contributed by atoms with van der Waals surface area (Å²) in [7, 11) is 1.57. The van der Waals surface area contributed by atoms with E-state index in [1.165, 1.54) is 6.20 Å². The summed E-state index contributed by atoms with van der Waals surface area (Å²) in [5, 5.41) is 3.11. The molecule has 0 saturated heterocycles. The van der Waals surface area contributed by atoms with Crippen LogP contribution in [0, 0.1) is 0 Å². The molecule has 1 aromatic heterocycles. The molecule has 0 radical (unpaired) electrons. The van der Waals surface area contributed by atoms with Crippen molar-refractivity contribution < 1.29 is 9.53 Å². The van der Waals surface area contributed by atoms with Crippen LogP contribution in [0.1, 0.15) is 10.4 Å². The zero-order valence-corrected chi connectivity index (χ0v) is 12.3. The molecule has 1 N–H and O–H groups in total. The number of rotatable bonds is 3. The highest BCUT2D eigenvalue weighted by Gasteiger charge is 2.08. The van der Waals surface area contributed by atoms with E-state index >= 15 is 0 Å². The Bertz CT molecular complexity index is 602. The predicted octanol–water partition coefficient (Wildman–Crippen LogP) is 3.76. The van der Waals surface area contributed by atoms with Crippen molar-refractivity contribution in [3.05, 3.63) is 51.7 Å². The van der Waals surface area contributed by atoms with Crippen molar-refractivity contribution >= 4 is 39.1 Å². The van der Waals surface area contributed by atoms with E-state index < -0.39 is 0 Å². The number of hydrogen-bond donors (Lipinski definition) is 1. The van der Waals surface area contributed by atoms with E-state index in [0.29, 0.717) is 22.2 Å². The number of anilines is 1. The second kappa shape index (κ2) is 6.04. The summed E-state index contributed by atoms with van der Waals surface area (Å²) in [4.78, 5) is 15.8. The summed E-state index contributed by atoms with van der Waals surface area (Å²) in [6.07, 6.45) is 1.42. The molecule has 0 aliphatic heterocycles. The monoisotopic (exact) mass is 340 g/mol. The number of nitrogens with zero attached hydrogens (tertiary/aromatic N) is 1. The molecular formula is C13H10BrClN2O2. The lowest BCUT2D eigenvalue weighted by Crippen LogP contribution is -2.12. The lowest BCUT2D eigenvalue weighted by molar-refractivity contribution is 0.102. The Morgan fingerprint density at radius 2 is 2.16 bits per heavy atom. The number of ether oxygens (including phenoxy) is 1. The molecule has 0 bridgehead atoms. The second-order valence-electron chi connectivity index (χ2n) is 3.70. The van der Waals surface area contributed by atoms with Gasteiger partial charge in [0, 0.05) is 22.4 Å². The number of methoxy groups -OCH3 is 1. The Labute approximate surface area is 123 Å². The van der Waals surface area contributed by atoms with E-state index in [1.807, 2.05) is 0 Å². The molecule has 1 heterocycles. The second-order valence-corrected chi connectivity index (χ2v) is 5.01. The van der Waals surface area contributed by atoms with Crippen LogP contribution < -0.4 is 10.1 Å². The lowest BCUT2D eigenvalue weighted by atomic mass is 10.2. The third kappa shape index (κ3) is 3.68. The molecule has 2 aromatic rings. The van der Waals surface area contributed by atoms with Gasteiger partial charge in [-0.2, -0.15) is 0 Å². The number of aromatic nitrogens is 1. The number of pyridine rings is 1. The molecular weight excluding hydrogens is 332 g/mol. The maximum absolute atomic E-state index is 12.0. The van der Waals surface area contributed by atoms with Crippen molar-refractivity contribution in [2.24, 2.45) is 0 Å². The van der Waals surface area contributed by atoms with Crippen LogP contribution in [0.4, 0.5) is 5.69 Å². The third-order valence-electron chi connectivity index (χ3n) is 2.35. The van der Waals surface area contributed by atoms with E-state index in [1.54, 1.807) is 37.4 Å². The molecule has 19 heavy (non-hydrogen) atoms. The van der Waals surface area contributed by atoms with Crippen LogP contribution in [-0.2, 0) is 0 Å². The number of carbonyl (C=O) groups is 1. The standard InChI is InChI=1S/C13H10BrClN2O2/c1-19-11-5-9(14)4-10(6-11)17-13(18)8-2-3-12(15)16-7-8/h2-7H,1H3,(H,17,18). The first-order valence-corrected chi connectivity index (χ1v) is 6.53. The van der Waals surface area contributed by atoms with Crippen molar-refractivity contribution in [2.45, 2.75) is 0 Å². The van der Waals surface area contributed by atoms with Crippen LogP contribution in [-0.4, -0.2) is 18.0 Å². The quantitative estimate of drug-likeness (QED) is 0.865. The van der Waals surface area contributed by atoms with Gasteiger partial charge in [0.25, 0.3) is 5.91 Å². The molecule has 0 saturated carbocycles. The van der Waals surface area contributed by atoms with Gasteiger partial charge in [-0.3, -0.25) is 4.79 Å². The Morgan fingerprint density at radius 1 is 1.37 bits per heavy atom. The highest BCUT2D eigenvalue weighted by atomic mass is 79.9. The van der Waals surface area contributed by atoms with Gasteiger partial charge in [0.2, 0.25) is 0 Å². The topological polar surface area (TPSA) is 51.2 Å². The third-order valence-corrected chi connectivity index (χ3v) is 3.04. The SMILES string of the molecule is COc1cc(Br)cc(NC(=O)c2ccc(Cl)nc2)c1. The van der Waals surface area contributed by atoms with Crippen molar-refractivity contribution in [3.63, 3.8) is 0 Å². The Kier molecular flexibility index (Phi) is 4.39. The summed E-state index contributed by atoms with van der Waals surface area (Å²) in [6, 6.07) is 8.49. The summed E-state index contributed by atoms with van der Waals surface area (Å²) in [5.74, 6) is 0.392. The van der Waals surface area contributed by atoms with Gasteiger partial charge in [-0.15, -0.1) is 0 Å². The van der Waals surface area contributed by atoms with Gasteiger partial charge in [-0.1, -0.05) is 27.5 Å². The van der Waals surface area contributed by atoms with Crippen molar-refractivity contribution in [3.8, 4) is 5.75 Å². The number of halogens is 2. The molecule has 1 aromatic carbocycles. The first kappa shape index (κ1) is 13.8. The average Bonchev–Trinajstić information content (AvgIpc) is 2.38. The summed E-state index contributed by atoms with van der Waals surface area (Å²) >= 11 is 9.02. The Hall–Kier alpha value is -1.59. The average molecular weight is 342 g/mol. The largest absolute Gasteiger partial charge is 0.497 e. The molecule has 0 atom stereocenters. The van der Waals surface area contributed by atoms with Crippen LogP contribution in [0.3, 0.4) is 0 Å². The van der Waals surface area contributed by atoms with Gasteiger partial charge < -0.3 is 10.1 Å². The number of hydrogen-bond acceptors (Lipinski definition) is 3. The fourth-order valence-electron chi connectivity index (χ4n) is 1.47. The fourth-order valence-corrected chi connectivity index (χ4v) is 2.05. The van der Waals surface area contributed by atoms with Gasteiger partial charge in [0.1, 0.15) is 10.9 Å². The molecule has 98 valence electrons. The van der Waals surface area contributed by atoms with Gasteiger partial charge in [-0.05, 0) is 24.3 Å². The maximum atomic E-state index is 12.0. The molecule has 1 amide bonds. The van der Waals surface area contributed by atoms with E-state index in [-0.39, 0.29) is 5.91 Å². The van der Waals surface area contributed by atoms with Gasteiger partial charge >= 0.3 is 0 Å². The predicted molar refractivity (Wildman–Crippen MR) is 77.9 cm³/mol. The van der Waals surface area contributed by atoms with Crippen molar-refractivity contribution in [1.82, 2.24) is 4.98 Å².